The van der Waals surface area contributed by atoms with E-state index >= 15 is 0 Å². The number of aromatic nitrogens is 2. The van der Waals surface area contributed by atoms with E-state index in [2.05, 4.69) is 15.4 Å². The normalized spacial score (nSPS) is 12.0. The van der Waals surface area contributed by atoms with Gasteiger partial charge in [-0.3, -0.25) is 4.68 Å². The van der Waals surface area contributed by atoms with Crippen molar-refractivity contribution >= 4 is 35.6 Å². The first kappa shape index (κ1) is 22.3. The molecular weight excluding hydrogens is 458 g/mol. The highest BCUT2D eigenvalue weighted by atomic mass is 127. The van der Waals surface area contributed by atoms with Crippen LogP contribution in [0.15, 0.2) is 29.4 Å². The molecule has 2 aromatic rings. The van der Waals surface area contributed by atoms with Crippen LogP contribution in [0.4, 0.5) is 18.9 Å². The second-order valence-electron chi connectivity index (χ2n) is 5.66. The predicted molar refractivity (Wildman–Crippen MR) is 108 cm³/mol. The summed E-state index contributed by atoms with van der Waals surface area (Å²) < 4.78 is 40.0. The van der Waals surface area contributed by atoms with Gasteiger partial charge in [0.15, 0.2) is 11.7 Å². The first-order valence-corrected chi connectivity index (χ1v) is 8.03. The summed E-state index contributed by atoms with van der Waals surface area (Å²) in [6.07, 6.45) is -1.59. The molecule has 0 radical (unpaired) electrons. The molecule has 0 amide bonds. The van der Waals surface area contributed by atoms with Crippen molar-refractivity contribution in [2.75, 3.05) is 5.32 Å². The number of benzene rings is 1. The summed E-state index contributed by atoms with van der Waals surface area (Å²) in [4.78, 5) is 4.06. The van der Waals surface area contributed by atoms with Gasteiger partial charge in [0.05, 0.1) is 6.54 Å². The van der Waals surface area contributed by atoms with Crippen LogP contribution in [0, 0.1) is 0 Å². The smallest absolute Gasteiger partial charge is 0.370 e. The Hall–Kier alpha value is -1.78. The fourth-order valence-corrected chi connectivity index (χ4v) is 2.63. The minimum Gasteiger partial charge on any atom is -0.370 e. The molecule has 0 aliphatic heterocycles. The molecule has 5 nitrogen and oxygen atoms in total. The maximum Gasteiger partial charge on any atom is 0.435 e. The van der Waals surface area contributed by atoms with E-state index in [9.17, 15) is 13.2 Å². The fraction of sp³-hybridized carbons (Fsp3) is 0.412. The van der Waals surface area contributed by atoms with Crippen LogP contribution in [0.2, 0.25) is 0 Å². The minimum atomic E-state index is -4.52. The first-order valence-electron chi connectivity index (χ1n) is 8.03. The van der Waals surface area contributed by atoms with Crippen molar-refractivity contribution in [2.24, 2.45) is 17.8 Å². The van der Waals surface area contributed by atoms with E-state index in [0.29, 0.717) is 0 Å². The van der Waals surface area contributed by atoms with Crippen LogP contribution in [0.3, 0.4) is 0 Å². The average molecular weight is 481 g/mol. The Kier molecular flexibility index (Phi) is 7.91. The second kappa shape index (κ2) is 9.24. The Morgan fingerprint density at radius 2 is 1.77 bits per heavy atom. The Morgan fingerprint density at radius 3 is 2.27 bits per heavy atom. The van der Waals surface area contributed by atoms with Crippen molar-refractivity contribution in [2.45, 2.75) is 39.4 Å². The number of nitrogens with two attached hydrogens (primary N) is 1. The lowest BCUT2D eigenvalue weighted by Crippen LogP contribution is -2.24. The number of nitrogens with one attached hydrogen (secondary N) is 1. The Labute approximate surface area is 167 Å². The molecule has 1 aromatic carbocycles. The van der Waals surface area contributed by atoms with Crippen LogP contribution in [-0.4, -0.2) is 15.7 Å². The molecule has 0 spiro atoms. The molecule has 0 aliphatic carbocycles. The van der Waals surface area contributed by atoms with Crippen molar-refractivity contribution in [1.82, 2.24) is 9.78 Å². The van der Waals surface area contributed by atoms with E-state index in [1.165, 1.54) is 13.2 Å². The molecule has 9 heteroatoms. The topological polar surface area (TPSA) is 68.2 Å². The van der Waals surface area contributed by atoms with Crippen LogP contribution in [0.25, 0.3) is 0 Å². The molecule has 144 valence electrons. The van der Waals surface area contributed by atoms with Crippen molar-refractivity contribution < 1.29 is 13.2 Å². The number of para-hydroxylation sites is 1. The van der Waals surface area contributed by atoms with E-state index in [1.54, 1.807) is 0 Å². The maximum absolute atomic E-state index is 13.0. The largest absolute Gasteiger partial charge is 0.435 e. The third-order valence-electron chi connectivity index (χ3n) is 3.84. The quantitative estimate of drug-likeness (QED) is 0.384. The summed E-state index contributed by atoms with van der Waals surface area (Å²) in [7, 11) is 1.44. The van der Waals surface area contributed by atoms with E-state index in [-0.39, 0.29) is 42.0 Å². The molecule has 3 N–H and O–H groups in total. The first-order chi connectivity index (χ1) is 11.8. The summed E-state index contributed by atoms with van der Waals surface area (Å²) in [6, 6.07) is 5.94. The lowest BCUT2D eigenvalue weighted by Gasteiger charge is -2.14. The van der Waals surface area contributed by atoms with Gasteiger partial charge in [-0.25, -0.2) is 4.99 Å². The van der Waals surface area contributed by atoms with E-state index in [1.807, 2.05) is 32.0 Å². The number of guanidine groups is 1. The van der Waals surface area contributed by atoms with Gasteiger partial charge in [0.1, 0.15) is 0 Å². The zero-order chi connectivity index (χ0) is 18.6. The number of hydrogen-bond acceptors (Lipinski definition) is 2. The number of halogens is 4. The van der Waals surface area contributed by atoms with Gasteiger partial charge in [-0.05, 0) is 24.0 Å². The van der Waals surface area contributed by atoms with Gasteiger partial charge in [-0.1, -0.05) is 32.0 Å². The van der Waals surface area contributed by atoms with Gasteiger partial charge in [0.25, 0.3) is 0 Å². The summed E-state index contributed by atoms with van der Waals surface area (Å²) in [5.74, 6) is 0.0765. The van der Waals surface area contributed by atoms with Crippen LogP contribution < -0.4 is 11.1 Å². The number of aryl methyl sites for hydroxylation is 3. The van der Waals surface area contributed by atoms with Gasteiger partial charge in [0.2, 0.25) is 0 Å². The van der Waals surface area contributed by atoms with Crippen LogP contribution in [0.5, 0.6) is 0 Å². The van der Waals surface area contributed by atoms with Gasteiger partial charge in [-0.15, -0.1) is 24.0 Å². The third-order valence-corrected chi connectivity index (χ3v) is 3.84. The van der Waals surface area contributed by atoms with Crippen molar-refractivity contribution in [3.05, 3.63) is 46.8 Å². The highest BCUT2D eigenvalue weighted by molar-refractivity contribution is 14.0. The Balaban J connectivity index is 0.00000338. The highest BCUT2D eigenvalue weighted by Crippen LogP contribution is 2.31. The molecule has 0 atom stereocenters. The molecular formula is C17H23F3IN5. The second-order valence-corrected chi connectivity index (χ2v) is 5.66. The zero-order valence-corrected chi connectivity index (χ0v) is 17.2. The molecule has 0 saturated heterocycles. The monoisotopic (exact) mass is 481 g/mol. The Morgan fingerprint density at radius 1 is 1.19 bits per heavy atom. The third kappa shape index (κ3) is 5.36. The summed E-state index contributed by atoms with van der Waals surface area (Å²) >= 11 is 0. The molecule has 0 saturated carbocycles. The molecule has 2 rings (SSSR count). The molecule has 1 heterocycles. The summed E-state index contributed by atoms with van der Waals surface area (Å²) in [5.41, 5.74) is 7.98. The lowest BCUT2D eigenvalue weighted by molar-refractivity contribution is -0.142. The molecule has 1 aromatic heterocycles. The van der Waals surface area contributed by atoms with Gasteiger partial charge in [-0.2, -0.15) is 18.3 Å². The lowest BCUT2D eigenvalue weighted by atomic mass is 10.0. The van der Waals surface area contributed by atoms with E-state index in [0.717, 1.165) is 34.3 Å². The van der Waals surface area contributed by atoms with Crippen LogP contribution in [0.1, 0.15) is 36.2 Å². The van der Waals surface area contributed by atoms with Crippen molar-refractivity contribution in [3.63, 3.8) is 0 Å². The van der Waals surface area contributed by atoms with Crippen LogP contribution >= 0.6 is 24.0 Å². The number of anilines is 1. The van der Waals surface area contributed by atoms with Crippen LogP contribution in [-0.2, 0) is 32.6 Å². The van der Waals surface area contributed by atoms with Gasteiger partial charge >= 0.3 is 6.18 Å². The molecule has 0 aliphatic rings. The van der Waals surface area contributed by atoms with Gasteiger partial charge < -0.3 is 11.1 Å². The number of nitrogens with zero attached hydrogens (tertiary/aromatic N) is 3. The summed E-state index contributed by atoms with van der Waals surface area (Å²) in [5, 5.41) is 6.50. The average Bonchev–Trinajstić information content (AvgIpc) is 2.94. The van der Waals surface area contributed by atoms with Crippen molar-refractivity contribution in [1.29, 1.82) is 0 Å². The summed E-state index contributed by atoms with van der Waals surface area (Å²) in [6.45, 7) is 3.86. The molecule has 0 bridgehead atoms. The fourth-order valence-electron chi connectivity index (χ4n) is 2.63. The Bertz CT molecular complexity index is 746. The number of rotatable bonds is 5. The number of hydrogen-bond donors (Lipinski definition) is 2. The van der Waals surface area contributed by atoms with Crippen molar-refractivity contribution in [3.8, 4) is 0 Å². The molecule has 0 fully saturated rings. The highest BCUT2D eigenvalue weighted by Gasteiger charge is 2.36. The number of alkyl halides is 3. The zero-order valence-electron chi connectivity index (χ0n) is 14.9. The predicted octanol–water partition coefficient (Wildman–Crippen LogP) is 4.11. The standard InChI is InChI=1S/C17H22F3N5.HI/c1-4-11-7-6-8-12(5-2)14(11)23-16(21)22-9-13-10-25(3)24-15(13)17(18,19)20;/h6-8,10H,4-5,9H2,1-3H3,(H3,21,22,23);1H. The SMILES string of the molecule is CCc1cccc(CC)c1NC(N)=NCc1cn(C)nc1C(F)(F)F.I. The maximum atomic E-state index is 13.0. The van der Waals surface area contributed by atoms with Gasteiger partial charge in [0, 0.05) is 24.5 Å². The van der Waals surface area contributed by atoms with E-state index in [4.69, 9.17) is 5.73 Å². The molecule has 0 unspecified atom stereocenters. The van der Waals surface area contributed by atoms with E-state index < -0.39 is 11.9 Å². The minimum absolute atomic E-state index is 0. The number of aliphatic imine (C=N–C) groups is 1. The molecule has 26 heavy (non-hydrogen) atoms.